The summed E-state index contributed by atoms with van der Waals surface area (Å²) in [6.07, 6.45) is 9.05. The molecule has 0 radical (unpaired) electrons. The normalized spacial score (nSPS) is 19.0. The smallest absolute Gasteiger partial charge is 0.126 e. The number of aromatic amines is 2. The van der Waals surface area contributed by atoms with Crippen molar-refractivity contribution in [2.24, 2.45) is 0 Å². The molecule has 0 aromatic carbocycles. The molecule has 4 heterocycles. The van der Waals surface area contributed by atoms with Gasteiger partial charge in [0.15, 0.2) is 0 Å². The summed E-state index contributed by atoms with van der Waals surface area (Å²) in [5.41, 5.74) is 2.07. The minimum atomic E-state index is 0.101. The Kier molecular flexibility index (Phi) is 3.87. The predicted octanol–water partition coefficient (Wildman–Crippen LogP) is 1.77. The molecule has 1 saturated heterocycles. The third kappa shape index (κ3) is 3.01. The van der Waals surface area contributed by atoms with Gasteiger partial charge in [-0.2, -0.15) is 0 Å². The molecule has 118 valence electrons. The van der Waals surface area contributed by atoms with Crippen LogP contribution in [0, 0.1) is 0 Å². The minimum Gasteiger partial charge on any atom is -0.378 e. The summed E-state index contributed by atoms with van der Waals surface area (Å²) in [7, 11) is 0. The summed E-state index contributed by atoms with van der Waals surface area (Å²) in [4.78, 5) is 21.8. The van der Waals surface area contributed by atoms with Crippen LogP contribution in [-0.2, 0) is 11.3 Å². The van der Waals surface area contributed by atoms with E-state index in [0.717, 1.165) is 42.6 Å². The third-order valence-corrected chi connectivity index (χ3v) is 4.05. The number of imidazole rings is 2. The molecule has 23 heavy (non-hydrogen) atoms. The Labute approximate surface area is 133 Å². The van der Waals surface area contributed by atoms with Crippen LogP contribution < -0.4 is 0 Å². The van der Waals surface area contributed by atoms with Crippen LogP contribution >= 0.6 is 0 Å². The van der Waals surface area contributed by atoms with Gasteiger partial charge in [-0.25, -0.2) is 9.97 Å². The van der Waals surface area contributed by atoms with E-state index < -0.39 is 0 Å². The van der Waals surface area contributed by atoms with Gasteiger partial charge in [0.25, 0.3) is 0 Å². The third-order valence-electron chi connectivity index (χ3n) is 4.05. The predicted molar refractivity (Wildman–Crippen MR) is 84.4 cm³/mol. The van der Waals surface area contributed by atoms with Gasteiger partial charge in [0.05, 0.1) is 37.7 Å². The highest BCUT2D eigenvalue weighted by atomic mass is 16.5. The van der Waals surface area contributed by atoms with E-state index in [0.29, 0.717) is 6.61 Å². The van der Waals surface area contributed by atoms with Crippen molar-refractivity contribution in [3.63, 3.8) is 0 Å². The molecule has 1 fully saturated rings. The Bertz CT molecular complexity index is 739. The molecule has 0 bridgehead atoms. The van der Waals surface area contributed by atoms with Crippen LogP contribution in [0.25, 0.3) is 11.3 Å². The number of nitrogens with one attached hydrogen (secondary N) is 2. The number of hydrogen-bond acceptors (Lipinski definition) is 5. The van der Waals surface area contributed by atoms with Gasteiger partial charge in [-0.05, 0) is 12.1 Å². The number of pyridine rings is 1. The molecular formula is C16H18N6O. The lowest BCUT2D eigenvalue weighted by Gasteiger charge is -2.33. The first kappa shape index (κ1) is 14.1. The lowest BCUT2D eigenvalue weighted by atomic mass is 10.2. The SMILES string of the molecule is c1cc(-c2cnc([C@@H]3COCCN3Cc3ncc[nH]3)[nH]2)ccn1. The molecular weight excluding hydrogens is 292 g/mol. The van der Waals surface area contributed by atoms with E-state index in [1.165, 1.54) is 0 Å². The van der Waals surface area contributed by atoms with Crippen molar-refractivity contribution < 1.29 is 4.74 Å². The van der Waals surface area contributed by atoms with Gasteiger partial charge < -0.3 is 14.7 Å². The van der Waals surface area contributed by atoms with E-state index in [1.54, 1.807) is 18.6 Å². The molecule has 3 aromatic rings. The van der Waals surface area contributed by atoms with E-state index in [4.69, 9.17) is 4.74 Å². The van der Waals surface area contributed by atoms with Gasteiger partial charge in [0.1, 0.15) is 11.6 Å². The minimum absolute atomic E-state index is 0.101. The zero-order chi connectivity index (χ0) is 15.5. The molecule has 0 unspecified atom stereocenters. The molecule has 7 heteroatoms. The topological polar surface area (TPSA) is 82.7 Å². The monoisotopic (exact) mass is 310 g/mol. The maximum Gasteiger partial charge on any atom is 0.126 e. The van der Waals surface area contributed by atoms with E-state index in [9.17, 15) is 0 Å². The fraction of sp³-hybridized carbons (Fsp3) is 0.312. The Morgan fingerprint density at radius 3 is 2.96 bits per heavy atom. The molecule has 0 aliphatic carbocycles. The fourth-order valence-electron chi connectivity index (χ4n) is 2.84. The summed E-state index contributed by atoms with van der Waals surface area (Å²) in [6.45, 7) is 2.97. The van der Waals surface area contributed by atoms with Crippen LogP contribution in [0.4, 0.5) is 0 Å². The van der Waals surface area contributed by atoms with Crippen LogP contribution in [0.3, 0.4) is 0 Å². The lowest BCUT2D eigenvalue weighted by Crippen LogP contribution is -2.39. The number of aromatic nitrogens is 5. The van der Waals surface area contributed by atoms with Gasteiger partial charge in [0.2, 0.25) is 0 Å². The van der Waals surface area contributed by atoms with Crippen molar-refractivity contribution in [1.82, 2.24) is 29.8 Å². The van der Waals surface area contributed by atoms with E-state index in [-0.39, 0.29) is 6.04 Å². The van der Waals surface area contributed by atoms with Crippen molar-refractivity contribution in [3.8, 4) is 11.3 Å². The quantitative estimate of drug-likeness (QED) is 0.767. The number of hydrogen-bond donors (Lipinski definition) is 2. The summed E-state index contributed by atoms with van der Waals surface area (Å²) in [5.74, 6) is 1.88. The van der Waals surface area contributed by atoms with Gasteiger partial charge in [0, 0.05) is 36.9 Å². The summed E-state index contributed by atoms with van der Waals surface area (Å²) in [5, 5.41) is 0. The molecule has 4 rings (SSSR count). The largest absolute Gasteiger partial charge is 0.378 e. The van der Waals surface area contributed by atoms with Crippen LogP contribution in [0.1, 0.15) is 17.7 Å². The maximum absolute atomic E-state index is 5.66. The van der Waals surface area contributed by atoms with Crippen molar-refractivity contribution in [2.75, 3.05) is 19.8 Å². The molecule has 2 N–H and O–H groups in total. The second-order valence-electron chi connectivity index (χ2n) is 5.52. The van der Waals surface area contributed by atoms with Crippen molar-refractivity contribution in [1.29, 1.82) is 0 Å². The fourth-order valence-corrected chi connectivity index (χ4v) is 2.84. The number of nitrogens with zero attached hydrogens (tertiary/aromatic N) is 4. The van der Waals surface area contributed by atoms with Gasteiger partial charge in [-0.1, -0.05) is 0 Å². The molecule has 1 atom stereocenters. The summed E-state index contributed by atoms with van der Waals surface area (Å²) >= 11 is 0. The molecule has 0 amide bonds. The standard InChI is InChI=1S/C16H18N6O/c1-3-17-4-2-12(1)13-9-20-16(21-13)14-11-23-8-7-22(14)10-15-18-5-6-19-15/h1-6,9,14H,7-8,10-11H2,(H,18,19)(H,20,21)/t14-/m0/s1. The first-order valence-electron chi connectivity index (χ1n) is 7.65. The first-order valence-corrected chi connectivity index (χ1v) is 7.65. The zero-order valence-corrected chi connectivity index (χ0v) is 12.6. The molecule has 7 nitrogen and oxygen atoms in total. The lowest BCUT2D eigenvalue weighted by molar-refractivity contribution is -0.0166. The van der Waals surface area contributed by atoms with Crippen LogP contribution in [0.2, 0.25) is 0 Å². The zero-order valence-electron chi connectivity index (χ0n) is 12.6. The van der Waals surface area contributed by atoms with E-state index in [2.05, 4.69) is 29.8 Å². The first-order chi connectivity index (χ1) is 11.4. The average Bonchev–Trinajstić information content (AvgIpc) is 3.28. The van der Waals surface area contributed by atoms with Crippen LogP contribution in [-0.4, -0.2) is 49.6 Å². The van der Waals surface area contributed by atoms with Crippen LogP contribution in [0.5, 0.6) is 0 Å². The van der Waals surface area contributed by atoms with Crippen molar-refractivity contribution in [3.05, 3.63) is 54.8 Å². The van der Waals surface area contributed by atoms with E-state index in [1.807, 2.05) is 24.5 Å². The summed E-state index contributed by atoms with van der Waals surface area (Å²) in [6, 6.07) is 4.04. The Morgan fingerprint density at radius 2 is 2.13 bits per heavy atom. The number of morpholine rings is 1. The highest BCUT2D eigenvalue weighted by Crippen LogP contribution is 2.25. The second kappa shape index (κ2) is 6.31. The van der Waals surface area contributed by atoms with Crippen LogP contribution in [0.15, 0.2) is 43.1 Å². The molecule has 0 saturated carbocycles. The number of H-pyrrole nitrogens is 2. The Hall–Kier alpha value is -2.51. The van der Waals surface area contributed by atoms with Gasteiger partial charge in [-0.15, -0.1) is 0 Å². The van der Waals surface area contributed by atoms with Gasteiger partial charge in [-0.3, -0.25) is 9.88 Å². The molecule has 3 aromatic heterocycles. The summed E-state index contributed by atoms with van der Waals surface area (Å²) < 4.78 is 5.66. The Morgan fingerprint density at radius 1 is 1.22 bits per heavy atom. The highest BCUT2D eigenvalue weighted by molar-refractivity contribution is 5.57. The molecule has 1 aliphatic heterocycles. The Balaban J connectivity index is 1.56. The number of ether oxygens (including phenoxy) is 1. The highest BCUT2D eigenvalue weighted by Gasteiger charge is 2.27. The van der Waals surface area contributed by atoms with Crippen molar-refractivity contribution in [2.45, 2.75) is 12.6 Å². The van der Waals surface area contributed by atoms with Crippen molar-refractivity contribution >= 4 is 0 Å². The second-order valence-corrected chi connectivity index (χ2v) is 5.52. The van der Waals surface area contributed by atoms with Gasteiger partial charge >= 0.3 is 0 Å². The number of rotatable bonds is 4. The van der Waals surface area contributed by atoms with E-state index >= 15 is 0 Å². The molecule has 1 aliphatic rings. The maximum atomic E-state index is 5.66. The molecule has 0 spiro atoms. The average molecular weight is 310 g/mol.